The van der Waals surface area contributed by atoms with Crippen molar-refractivity contribution in [2.24, 2.45) is 0 Å². The van der Waals surface area contributed by atoms with Crippen LogP contribution in [0.1, 0.15) is 30.1 Å². The number of Topliss-reactive ketones (excluding diaryl/α,β-unsaturated/α-hetero) is 1. The number of aliphatic carboxylic acids is 1. The van der Waals surface area contributed by atoms with Crippen LogP contribution in [-0.2, 0) is 19.2 Å². The molecule has 2 aromatic carbocycles. The van der Waals surface area contributed by atoms with E-state index in [0.717, 1.165) is 0 Å². The predicted octanol–water partition coefficient (Wildman–Crippen LogP) is 2.77. The van der Waals surface area contributed by atoms with E-state index in [2.05, 4.69) is 5.32 Å². The first-order valence-electron chi connectivity index (χ1n) is 10.4. The van der Waals surface area contributed by atoms with Gasteiger partial charge < -0.3 is 0 Å². The molecule has 8 nitrogen and oxygen atoms in total. The Morgan fingerprint density at radius 2 is 1.53 bits per heavy atom. The van der Waals surface area contributed by atoms with Crippen LogP contribution in [0.4, 0.5) is 15.8 Å². The fourth-order valence-corrected chi connectivity index (χ4v) is 6.44. The Labute approximate surface area is 203 Å². The first-order valence-corrected chi connectivity index (χ1v) is 16.0. The van der Waals surface area contributed by atoms with Gasteiger partial charge in [0.2, 0.25) is 0 Å². The van der Waals surface area contributed by atoms with E-state index in [1.807, 2.05) is 9.86 Å². The van der Waals surface area contributed by atoms with Gasteiger partial charge in [-0.1, -0.05) is 0 Å². The summed E-state index contributed by atoms with van der Waals surface area (Å²) in [4.78, 5) is 54.7. The average molecular weight is 584 g/mol. The molecule has 1 aliphatic rings. The number of alkyl halides is 4. The van der Waals surface area contributed by atoms with Crippen molar-refractivity contribution in [3.63, 3.8) is 0 Å². The number of carboxylic acid groups (broad SMARTS) is 1. The molecular formula is C24H26FIN2O6. The number of amides is 2. The molecule has 3 rings (SSSR count). The van der Waals surface area contributed by atoms with Crippen LogP contribution in [0.25, 0.3) is 0 Å². The van der Waals surface area contributed by atoms with Crippen molar-refractivity contribution < 1.29 is 33.8 Å². The van der Waals surface area contributed by atoms with Gasteiger partial charge in [-0.15, -0.1) is 0 Å². The molecule has 2 atom stereocenters. The van der Waals surface area contributed by atoms with Crippen LogP contribution < -0.4 is 10.2 Å². The van der Waals surface area contributed by atoms with E-state index < -0.39 is 66.6 Å². The van der Waals surface area contributed by atoms with Gasteiger partial charge in [-0.05, 0) is 0 Å². The van der Waals surface area contributed by atoms with Crippen LogP contribution in [0.2, 0.25) is 0 Å². The Bertz CT molecular complexity index is 1060. The van der Waals surface area contributed by atoms with Gasteiger partial charge in [-0.2, -0.15) is 0 Å². The molecular weight excluding hydrogens is 558 g/mol. The number of aliphatic hydroxyl groups excluding tert-OH is 1. The van der Waals surface area contributed by atoms with Crippen LogP contribution in [0.3, 0.4) is 0 Å². The molecule has 0 spiro atoms. The molecule has 0 saturated carbocycles. The van der Waals surface area contributed by atoms with Crippen molar-refractivity contribution in [2.45, 2.75) is 28.9 Å². The first kappa shape index (κ1) is 25.8. The number of halogens is 2. The molecule has 10 heteroatoms. The van der Waals surface area contributed by atoms with Crippen molar-refractivity contribution in [3.8, 4) is 0 Å². The number of fused-ring (bicyclic) bond motifs is 2. The van der Waals surface area contributed by atoms with E-state index in [0.29, 0.717) is 22.5 Å². The van der Waals surface area contributed by atoms with Gasteiger partial charge in [0.15, 0.2) is 0 Å². The fourth-order valence-electron chi connectivity index (χ4n) is 3.88. The van der Waals surface area contributed by atoms with Crippen LogP contribution in [0.15, 0.2) is 48.5 Å². The summed E-state index contributed by atoms with van der Waals surface area (Å²) in [5.41, 5.74) is 2.16. The quantitative estimate of drug-likeness (QED) is 0.308. The second-order valence-electron chi connectivity index (χ2n) is 7.99. The van der Waals surface area contributed by atoms with Gasteiger partial charge in [0.05, 0.1) is 0 Å². The van der Waals surface area contributed by atoms with Crippen LogP contribution in [0, 0.1) is 0 Å². The number of aliphatic hydroxyl groups is 1. The molecule has 2 amide bonds. The summed E-state index contributed by atoms with van der Waals surface area (Å²) in [6.07, 6.45) is -1.81. The van der Waals surface area contributed by atoms with E-state index in [1.165, 1.54) is 4.90 Å². The van der Waals surface area contributed by atoms with E-state index >= 15 is 0 Å². The number of benzene rings is 2. The van der Waals surface area contributed by atoms with Crippen molar-refractivity contribution in [2.75, 3.05) is 21.4 Å². The second-order valence-corrected chi connectivity index (χ2v) is 14.1. The fraction of sp³-hybridized carbons (Fsp3) is 0.333. The zero-order chi connectivity index (χ0) is 25.0. The summed E-state index contributed by atoms with van der Waals surface area (Å²) >= 11 is -2.03. The normalized spacial score (nSPS) is 14.9. The monoisotopic (exact) mass is 584 g/mol. The third kappa shape index (κ3) is 5.44. The van der Waals surface area contributed by atoms with Gasteiger partial charge in [0.25, 0.3) is 0 Å². The summed E-state index contributed by atoms with van der Waals surface area (Å²) in [5.74, 6) is -3.37. The zero-order valence-corrected chi connectivity index (χ0v) is 20.9. The summed E-state index contributed by atoms with van der Waals surface area (Å²) < 4.78 is 12.2. The van der Waals surface area contributed by atoms with Gasteiger partial charge >= 0.3 is 204 Å². The molecule has 0 fully saturated rings. The Morgan fingerprint density at radius 3 is 2.00 bits per heavy atom. The number of para-hydroxylation sites is 2. The van der Waals surface area contributed by atoms with Crippen LogP contribution in [-0.4, -0.2) is 60.3 Å². The number of ketones is 1. The molecule has 0 radical (unpaired) electrons. The number of hydrogen-bond donors (Lipinski definition) is 3. The van der Waals surface area contributed by atoms with Gasteiger partial charge in [-0.3, -0.25) is 0 Å². The summed E-state index contributed by atoms with van der Waals surface area (Å²) in [6, 6.07) is 12.5. The summed E-state index contributed by atoms with van der Waals surface area (Å²) in [7, 11) is 0. The maximum absolute atomic E-state index is 13.6. The minimum atomic E-state index is -2.03. The third-order valence-corrected chi connectivity index (χ3v) is 9.59. The third-order valence-electron chi connectivity index (χ3n) is 5.57. The molecule has 0 saturated heterocycles. The second kappa shape index (κ2) is 11.0. The maximum atomic E-state index is 13.6. The van der Waals surface area contributed by atoms with Crippen molar-refractivity contribution in [3.05, 3.63) is 59.7 Å². The minimum absolute atomic E-state index is 0.175. The van der Waals surface area contributed by atoms with Crippen molar-refractivity contribution >= 4 is 54.8 Å². The van der Waals surface area contributed by atoms with E-state index in [1.54, 1.807) is 48.5 Å². The van der Waals surface area contributed by atoms with E-state index in [9.17, 15) is 28.7 Å². The predicted molar refractivity (Wildman–Crippen MR) is 134 cm³/mol. The Balaban J connectivity index is 1.89. The average Bonchev–Trinajstić information content (AvgIpc) is 2.81. The molecule has 0 aliphatic carbocycles. The van der Waals surface area contributed by atoms with Gasteiger partial charge in [0, 0.05) is 0 Å². The molecule has 3 N–H and O–H groups in total. The molecule has 0 bridgehead atoms. The SMILES string of the molecule is CI(C)[C@H](CC(=O)N1c2ccccc2C(O)c2ccccc21)C(=O)NC(CC(=O)O)C(=O)CF. The number of carbonyl (C=O) groups excluding carboxylic acids is 3. The van der Waals surface area contributed by atoms with Crippen molar-refractivity contribution in [1.29, 1.82) is 0 Å². The zero-order valence-electron chi connectivity index (χ0n) is 18.7. The number of rotatable bonds is 9. The first-order chi connectivity index (χ1) is 16.1. The number of anilines is 2. The molecule has 0 aromatic heterocycles. The molecule has 1 aliphatic heterocycles. The molecule has 1 heterocycles. The number of carboxylic acids is 1. The van der Waals surface area contributed by atoms with Crippen LogP contribution in [0.5, 0.6) is 0 Å². The van der Waals surface area contributed by atoms with Gasteiger partial charge in [0.1, 0.15) is 0 Å². The Hall–Kier alpha value is -2.86. The number of nitrogens with one attached hydrogen (secondary N) is 1. The molecule has 182 valence electrons. The van der Waals surface area contributed by atoms with E-state index in [-0.39, 0.29) is 12.3 Å². The molecule has 2 aromatic rings. The van der Waals surface area contributed by atoms with Crippen LogP contribution >= 0.6 is 19.8 Å². The standard InChI is InChI=1S/C24H26FIN2O6/c1-26(2)16(24(34)27-17(12-22(31)32)20(29)13-25)11-21(30)28-18-9-5-3-7-14(18)23(33)15-8-4-6-10-19(15)28/h3-10,16-17,23,33H,11-13H2,1-2H3,(H,27,34)(H,31,32)/t16-,17?/m1/s1. The molecule has 1 unspecified atom stereocenters. The van der Waals surface area contributed by atoms with Gasteiger partial charge in [-0.25, -0.2) is 0 Å². The molecule has 34 heavy (non-hydrogen) atoms. The number of nitrogens with zero attached hydrogens (tertiary/aromatic N) is 1. The Morgan fingerprint density at radius 1 is 1.00 bits per heavy atom. The van der Waals surface area contributed by atoms with Crippen molar-refractivity contribution in [1.82, 2.24) is 5.32 Å². The Kier molecular flexibility index (Phi) is 8.37. The topological polar surface area (TPSA) is 124 Å². The summed E-state index contributed by atoms with van der Waals surface area (Å²) in [6.45, 7) is -1.40. The summed E-state index contributed by atoms with van der Waals surface area (Å²) in [5, 5.41) is 22.2. The number of carbonyl (C=O) groups is 4. The number of hydrogen-bond acceptors (Lipinski definition) is 5. The van der Waals surface area contributed by atoms with E-state index in [4.69, 9.17) is 5.11 Å².